The molecule has 3 aromatic carbocycles. The van der Waals surface area contributed by atoms with Gasteiger partial charge in [-0.1, -0.05) is 72.2 Å². The molecule has 0 aliphatic carbocycles. The van der Waals surface area contributed by atoms with E-state index in [1.807, 2.05) is 67.6 Å². The Labute approximate surface area is 179 Å². The summed E-state index contributed by atoms with van der Waals surface area (Å²) in [5.74, 6) is 0.904. The second-order valence-corrected chi connectivity index (χ2v) is 7.57. The zero-order valence-electron chi connectivity index (χ0n) is 17.4. The minimum Gasteiger partial charge on any atom is -0.334 e. The van der Waals surface area contributed by atoms with E-state index in [0.717, 1.165) is 34.2 Å². The first-order valence-electron chi connectivity index (χ1n) is 10.3. The number of nitrogens with zero attached hydrogens (tertiary/aromatic N) is 3. The Morgan fingerprint density at radius 1 is 0.903 bits per heavy atom. The van der Waals surface area contributed by atoms with E-state index in [0.29, 0.717) is 17.1 Å². The molecule has 2 heterocycles. The first-order valence-corrected chi connectivity index (χ1v) is 10.3. The van der Waals surface area contributed by atoms with Gasteiger partial charge in [-0.05, 0) is 37.1 Å². The van der Waals surface area contributed by atoms with Gasteiger partial charge < -0.3 is 4.52 Å². The molecule has 0 amide bonds. The van der Waals surface area contributed by atoms with Crippen LogP contribution in [0.15, 0.2) is 88.3 Å². The Kier molecular flexibility index (Phi) is 4.71. The fourth-order valence-electron chi connectivity index (χ4n) is 3.70. The molecule has 0 atom stereocenters. The summed E-state index contributed by atoms with van der Waals surface area (Å²) in [5, 5.41) is 5.58. The normalized spacial score (nSPS) is 11.2. The van der Waals surface area contributed by atoms with Crippen LogP contribution in [-0.4, -0.2) is 14.7 Å². The van der Waals surface area contributed by atoms with Gasteiger partial charge >= 0.3 is 0 Å². The molecule has 5 rings (SSSR count). The molecule has 0 N–H and O–H groups in total. The van der Waals surface area contributed by atoms with Crippen molar-refractivity contribution in [2.24, 2.45) is 0 Å². The zero-order valence-corrected chi connectivity index (χ0v) is 17.4. The molecule has 0 bridgehead atoms. The highest BCUT2D eigenvalue weighted by atomic mass is 16.5. The predicted molar refractivity (Wildman–Crippen MR) is 122 cm³/mol. The van der Waals surface area contributed by atoms with Crippen molar-refractivity contribution in [1.82, 2.24) is 14.7 Å². The maximum atomic E-state index is 13.2. The van der Waals surface area contributed by atoms with Crippen molar-refractivity contribution >= 4 is 10.8 Å². The van der Waals surface area contributed by atoms with E-state index in [-0.39, 0.29) is 5.56 Å². The molecule has 31 heavy (non-hydrogen) atoms. The van der Waals surface area contributed by atoms with Gasteiger partial charge in [0.25, 0.3) is 11.4 Å². The Morgan fingerprint density at radius 3 is 2.32 bits per heavy atom. The lowest BCUT2D eigenvalue weighted by atomic mass is 10.1. The number of fused-ring (bicyclic) bond motifs is 1. The standard InChI is InChI=1S/C26H21N3O2/c1-3-18-10-12-19(13-11-18)24-27-25(31-28-24)23-16-29(20-14-8-17(2)9-15-20)26(30)22-7-5-4-6-21(22)23/h4-16H,3H2,1-2H3. The van der Waals surface area contributed by atoms with Crippen molar-refractivity contribution < 1.29 is 4.52 Å². The van der Waals surface area contributed by atoms with Crippen LogP contribution in [0.2, 0.25) is 0 Å². The molecule has 5 nitrogen and oxygen atoms in total. The van der Waals surface area contributed by atoms with Crippen molar-refractivity contribution in [1.29, 1.82) is 0 Å². The van der Waals surface area contributed by atoms with Gasteiger partial charge in [0.2, 0.25) is 5.82 Å². The molecule has 0 unspecified atom stereocenters. The van der Waals surface area contributed by atoms with E-state index < -0.39 is 0 Å². The zero-order chi connectivity index (χ0) is 21.4. The SMILES string of the molecule is CCc1ccc(-c2noc(-c3cn(-c4ccc(C)cc4)c(=O)c4ccccc34)n2)cc1. The molecule has 5 aromatic rings. The molecular formula is C26H21N3O2. The monoisotopic (exact) mass is 407 g/mol. The number of aromatic nitrogens is 3. The van der Waals surface area contributed by atoms with Crippen LogP contribution in [0.1, 0.15) is 18.1 Å². The first-order chi connectivity index (χ1) is 15.1. The maximum absolute atomic E-state index is 13.2. The topological polar surface area (TPSA) is 60.9 Å². The smallest absolute Gasteiger partial charge is 0.262 e. The average molecular weight is 407 g/mol. The van der Waals surface area contributed by atoms with E-state index in [2.05, 4.69) is 29.2 Å². The van der Waals surface area contributed by atoms with Crippen LogP contribution in [-0.2, 0) is 6.42 Å². The Balaban J connectivity index is 1.68. The summed E-state index contributed by atoms with van der Waals surface area (Å²) < 4.78 is 7.28. The van der Waals surface area contributed by atoms with Crippen molar-refractivity contribution in [3.05, 3.63) is 100 Å². The van der Waals surface area contributed by atoms with Gasteiger partial charge in [-0.2, -0.15) is 4.98 Å². The summed E-state index contributed by atoms with van der Waals surface area (Å²) in [5.41, 5.74) is 4.70. The number of hydrogen-bond acceptors (Lipinski definition) is 4. The van der Waals surface area contributed by atoms with Crippen molar-refractivity contribution in [3.63, 3.8) is 0 Å². The molecule has 2 aromatic heterocycles. The molecule has 0 aliphatic rings. The van der Waals surface area contributed by atoms with Gasteiger partial charge in [-0.3, -0.25) is 9.36 Å². The van der Waals surface area contributed by atoms with Crippen LogP contribution >= 0.6 is 0 Å². The quantitative estimate of drug-likeness (QED) is 0.390. The Hall–Kier alpha value is -3.99. The number of hydrogen-bond donors (Lipinski definition) is 0. The highest BCUT2D eigenvalue weighted by molar-refractivity contribution is 5.94. The number of rotatable bonds is 4. The molecule has 152 valence electrons. The lowest BCUT2D eigenvalue weighted by Gasteiger charge is -2.10. The molecule has 0 aliphatic heterocycles. The van der Waals surface area contributed by atoms with Crippen LogP contribution in [0.25, 0.3) is 39.3 Å². The second-order valence-electron chi connectivity index (χ2n) is 7.57. The summed E-state index contributed by atoms with van der Waals surface area (Å²) >= 11 is 0. The van der Waals surface area contributed by atoms with E-state index in [1.54, 1.807) is 10.8 Å². The van der Waals surface area contributed by atoms with Gasteiger partial charge in [0, 0.05) is 28.2 Å². The Morgan fingerprint density at radius 2 is 1.61 bits per heavy atom. The van der Waals surface area contributed by atoms with Crippen molar-refractivity contribution in [2.45, 2.75) is 20.3 Å². The van der Waals surface area contributed by atoms with Crippen LogP contribution in [0, 0.1) is 6.92 Å². The summed E-state index contributed by atoms with van der Waals surface area (Å²) in [6, 6.07) is 23.5. The molecular weight excluding hydrogens is 386 g/mol. The van der Waals surface area contributed by atoms with E-state index in [1.165, 1.54) is 5.56 Å². The Bertz CT molecular complexity index is 1430. The van der Waals surface area contributed by atoms with E-state index >= 15 is 0 Å². The van der Waals surface area contributed by atoms with E-state index in [9.17, 15) is 4.79 Å². The predicted octanol–water partition coefficient (Wildman–Crippen LogP) is 5.58. The molecule has 0 saturated heterocycles. The first kappa shape index (κ1) is 19.0. The van der Waals surface area contributed by atoms with Gasteiger partial charge in [0.1, 0.15) is 0 Å². The third kappa shape index (κ3) is 3.44. The lowest BCUT2D eigenvalue weighted by molar-refractivity contribution is 0.432. The number of aryl methyl sites for hydroxylation is 2. The fraction of sp³-hybridized carbons (Fsp3) is 0.115. The highest BCUT2D eigenvalue weighted by Gasteiger charge is 2.17. The van der Waals surface area contributed by atoms with Crippen molar-refractivity contribution in [3.8, 4) is 28.5 Å². The highest BCUT2D eigenvalue weighted by Crippen LogP contribution is 2.28. The van der Waals surface area contributed by atoms with Gasteiger partial charge in [0.05, 0.1) is 5.56 Å². The third-order valence-corrected chi connectivity index (χ3v) is 5.51. The van der Waals surface area contributed by atoms with Gasteiger partial charge in [-0.15, -0.1) is 0 Å². The minimum absolute atomic E-state index is 0.0851. The summed E-state index contributed by atoms with van der Waals surface area (Å²) in [6.07, 6.45) is 2.76. The van der Waals surface area contributed by atoms with E-state index in [4.69, 9.17) is 4.52 Å². The van der Waals surface area contributed by atoms with Gasteiger partial charge in [0.15, 0.2) is 0 Å². The molecule has 0 fully saturated rings. The van der Waals surface area contributed by atoms with Crippen LogP contribution in [0.3, 0.4) is 0 Å². The van der Waals surface area contributed by atoms with Gasteiger partial charge in [-0.25, -0.2) is 0 Å². The summed E-state index contributed by atoms with van der Waals surface area (Å²) in [6.45, 7) is 4.14. The van der Waals surface area contributed by atoms with Crippen molar-refractivity contribution in [2.75, 3.05) is 0 Å². The second kappa shape index (κ2) is 7.69. The number of pyridine rings is 1. The largest absolute Gasteiger partial charge is 0.334 e. The molecule has 0 spiro atoms. The summed E-state index contributed by atoms with van der Waals surface area (Å²) in [4.78, 5) is 17.8. The number of benzene rings is 3. The van der Waals surface area contributed by atoms with Crippen LogP contribution in [0.4, 0.5) is 0 Å². The third-order valence-electron chi connectivity index (χ3n) is 5.51. The summed E-state index contributed by atoms with van der Waals surface area (Å²) in [7, 11) is 0. The molecule has 5 heteroatoms. The van der Waals surface area contributed by atoms with Crippen LogP contribution < -0.4 is 5.56 Å². The maximum Gasteiger partial charge on any atom is 0.262 e. The lowest BCUT2D eigenvalue weighted by Crippen LogP contribution is -2.18. The molecule has 0 radical (unpaired) electrons. The van der Waals surface area contributed by atoms with Crippen LogP contribution in [0.5, 0.6) is 0 Å². The minimum atomic E-state index is -0.0851. The average Bonchev–Trinajstić information content (AvgIpc) is 3.30. The molecule has 0 saturated carbocycles. The fourth-order valence-corrected chi connectivity index (χ4v) is 3.70.